The number of rotatable bonds is 8. The Morgan fingerprint density at radius 1 is 0.943 bits per heavy atom. The molecule has 4 rings (SSSR count). The van der Waals surface area contributed by atoms with Crippen molar-refractivity contribution in [3.05, 3.63) is 134 Å². The van der Waals surface area contributed by atoms with E-state index in [0.29, 0.717) is 28.5 Å². The van der Waals surface area contributed by atoms with Crippen molar-refractivity contribution in [1.29, 1.82) is 0 Å². The van der Waals surface area contributed by atoms with Crippen LogP contribution in [0.5, 0.6) is 5.75 Å². The molecule has 0 bridgehead atoms. The molecule has 0 spiro atoms. The second-order valence-electron chi connectivity index (χ2n) is 7.71. The predicted molar refractivity (Wildman–Crippen MR) is 147 cm³/mol. The number of amides is 1. The van der Waals surface area contributed by atoms with Crippen molar-refractivity contribution in [2.45, 2.75) is 12.2 Å². The van der Waals surface area contributed by atoms with Gasteiger partial charge >= 0.3 is 0 Å². The Hall–Kier alpha value is -3.20. The maximum atomic E-state index is 13.1. The molecule has 0 atom stereocenters. The number of benzene rings is 4. The lowest BCUT2D eigenvalue weighted by Gasteiger charge is -2.27. The van der Waals surface area contributed by atoms with Crippen molar-refractivity contribution >= 4 is 46.3 Å². The van der Waals surface area contributed by atoms with Crippen LogP contribution in [0.15, 0.2) is 108 Å². The zero-order valence-corrected chi connectivity index (χ0v) is 21.5. The van der Waals surface area contributed by atoms with Gasteiger partial charge in [0.05, 0.1) is 9.78 Å². The van der Waals surface area contributed by atoms with E-state index in [9.17, 15) is 9.90 Å². The molecule has 0 aliphatic carbocycles. The van der Waals surface area contributed by atoms with Crippen LogP contribution in [0, 0.1) is 3.57 Å². The molecule has 1 amide bonds. The van der Waals surface area contributed by atoms with Crippen LogP contribution in [-0.4, -0.2) is 17.2 Å². The van der Waals surface area contributed by atoms with Crippen LogP contribution < -0.4 is 10.2 Å². The van der Waals surface area contributed by atoms with E-state index >= 15 is 0 Å². The standard InChI is InChI=1S/C28H22ClIN2O3/c29-24-14-8-7-9-21(24)19-35-26-16-15-20(17-25(26)30)18-31-32-27(33)28(34,22-10-3-1-4-11-22)23-12-5-2-6-13-23/h1-18,34H,19H2,(H,32,33)/b31-18+. The molecule has 4 aromatic carbocycles. The Morgan fingerprint density at radius 3 is 2.14 bits per heavy atom. The Bertz CT molecular complexity index is 1290. The van der Waals surface area contributed by atoms with Crippen molar-refractivity contribution in [2.24, 2.45) is 5.10 Å². The summed E-state index contributed by atoms with van der Waals surface area (Å²) in [5.74, 6) is 0.0646. The monoisotopic (exact) mass is 596 g/mol. The highest BCUT2D eigenvalue weighted by molar-refractivity contribution is 14.1. The summed E-state index contributed by atoms with van der Waals surface area (Å²) < 4.78 is 6.79. The SMILES string of the molecule is O=C(N/N=C/c1ccc(OCc2ccccc2Cl)c(I)c1)C(O)(c1ccccc1)c1ccccc1. The fraction of sp³-hybridized carbons (Fsp3) is 0.0714. The molecule has 2 N–H and O–H groups in total. The van der Waals surface area contributed by atoms with Crippen LogP contribution in [0.2, 0.25) is 5.02 Å². The summed E-state index contributed by atoms with van der Waals surface area (Å²) in [4.78, 5) is 13.1. The third kappa shape index (κ3) is 5.90. The molecule has 0 saturated carbocycles. The molecule has 0 aliphatic heterocycles. The summed E-state index contributed by atoms with van der Waals surface area (Å²) in [6.07, 6.45) is 1.52. The first-order valence-corrected chi connectivity index (χ1v) is 12.3. The van der Waals surface area contributed by atoms with E-state index in [1.165, 1.54) is 6.21 Å². The normalized spacial score (nSPS) is 11.4. The maximum absolute atomic E-state index is 13.1. The van der Waals surface area contributed by atoms with Gasteiger partial charge in [-0.15, -0.1) is 0 Å². The topological polar surface area (TPSA) is 70.9 Å². The predicted octanol–water partition coefficient (Wildman–Crippen LogP) is 5.91. The van der Waals surface area contributed by atoms with Crippen LogP contribution in [0.25, 0.3) is 0 Å². The molecule has 7 heteroatoms. The number of nitrogens with one attached hydrogen (secondary N) is 1. The van der Waals surface area contributed by atoms with Crippen molar-refractivity contribution < 1.29 is 14.6 Å². The Balaban J connectivity index is 1.46. The number of aliphatic hydroxyl groups is 1. The second-order valence-corrected chi connectivity index (χ2v) is 9.28. The highest BCUT2D eigenvalue weighted by atomic mass is 127. The lowest BCUT2D eigenvalue weighted by atomic mass is 9.85. The fourth-order valence-corrected chi connectivity index (χ4v) is 4.40. The van der Waals surface area contributed by atoms with Crippen molar-refractivity contribution in [1.82, 2.24) is 5.43 Å². The van der Waals surface area contributed by atoms with Gasteiger partial charge in [0.25, 0.3) is 5.91 Å². The Kier molecular flexibility index (Phi) is 8.17. The summed E-state index contributed by atoms with van der Waals surface area (Å²) in [7, 11) is 0. The molecule has 0 saturated heterocycles. The largest absolute Gasteiger partial charge is 0.488 e. The molecule has 0 aromatic heterocycles. The van der Waals surface area contributed by atoms with Crippen molar-refractivity contribution in [3.63, 3.8) is 0 Å². The summed E-state index contributed by atoms with van der Waals surface area (Å²) >= 11 is 8.38. The molecule has 5 nitrogen and oxygen atoms in total. The second kappa shape index (κ2) is 11.5. The number of nitrogens with zero attached hydrogens (tertiary/aromatic N) is 1. The first kappa shape index (κ1) is 24.9. The molecular formula is C28H22ClIN2O3. The number of hydrogen-bond acceptors (Lipinski definition) is 4. The first-order valence-electron chi connectivity index (χ1n) is 10.8. The number of carbonyl (C=O) groups excluding carboxylic acids is 1. The van der Waals surface area contributed by atoms with Crippen LogP contribution in [-0.2, 0) is 17.0 Å². The lowest BCUT2D eigenvalue weighted by Crippen LogP contribution is -2.43. The Labute approximate surface area is 222 Å². The van der Waals surface area contributed by atoms with Gasteiger partial charge in [0, 0.05) is 10.6 Å². The minimum atomic E-state index is -1.88. The molecule has 176 valence electrons. The zero-order chi connectivity index (χ0) is 24.7. The molecule has 0 fully saturated rings. The molecular weight excluding hydrogens is 575 g/mol. The van der Waals surface area contributed by atoms with Crippen LogP contribution in [0.1, 0.15) is 22.3 Å². The Morgan fingerprint density at radius 2 is 1.54 bits per heavy atom. The van der Waals surface area contributed by atoms with Gasteiger partial charge in [-0.3, -0.25) is 4.79 Å². The summed E-state index contributed by atoms with van der Waals surface area (Å²) in [6.45, 7) is 0.358. The molecule has 4 aromatic rings. The van der Waals surface area contributed by atoms with Crippen molar-refractivity contribution in [3.8, 4) is 5.75 Å². The molecule has 35 heavy (non-hydrogen) atoms. The van der Waals surface area contributed by atoms with Gasteiger partial charge in [-0.1, -0.05) is 90.5 Å². The number of halogens is 2. The average molecular weight is 597 g/mol. The number of ether oxygens (including phenoxy) is 1. The van der Waals surface area contributed by atoms with Crippen molar-refractivity contribution in [2.75, 3.05) is 0 Å². The van der Waals surface area contributed by atoms with Gasteiger partial charge in [-0.25, -0.2) is 5.43 Å². The number of carbonyl (C=O) groups is 1. The van der Waals surface area contributed by atoms with Crippen LogP contribution in [0.3, 0.4) is 0 Å². The third-order valence-corrected chi connectivity index (χ3v) is 6.60. The summed E-state index contributed by atoms with van der Waals surface area (Å²) in [5, 5.41) is 16.2. The van der Waals surface area contributed by atoms with E-state index in [1.807, 2.05) is 54.6 Å². The van der Waals surface area contributed by atoms with E-state index in [-0.39, 0.29) is 0 Å². The molecule has 0 aliphatic rings. The van der Waals surface area contributed by atoms with Gasteiger partial charge < -0.3 is 9.84 Å². The van der Waals surface area contributed by atoms with Gasteiger partial charge in [0.1, 0.15) is 12.4 Å². The van der Waals surface area contributed by atoms with Gasteiger partial charge in [-0.2, -0.15) is 5.10 Å². The third-order valence-electron chi connectivity index (χ3n) is 5.39. The zero-order valence-electron chi connectivity index (χ0n) is 18.6. The molecule has 0 unspecified atom stereocenters. The number of hydrazone groups is 1. The highest BCUT2D eigenvalue weighted by Gasteiger charge is 2.39. The van der Waals surface area contributed by atoms with Crippen LogP contribution >= 0.6 is 34.2 Å². The van der Waals surface area contributed by atoms with Gasteiger partial charge in [0.2, 0.25) is 0 Å². The minimum Gasteiger partial charge on any atom is -0.488 e. The van der Waals surface area contributed by atoms with E-state index in [4.69, 9.17) is 16.3 Å². The summed E-state index contributed by atoms with van der Waals surface area (Å²) in [6, 6.07) is 30.7. The van der Waals surface area contributed by atoms with E-state index in [2.05, 4.69) is 33.1 Å². The molecule has 0 heterocycles. The van der Waals surface area contributed by atoms with Gasteiger partial charge in [0.15, 0.2) is 5.60 Å². The summed E-state index contributed by atoms with van der Waals surface area (Å²) in [5.41, 5.74) is 3.18. The lowest BCUT2D eigenvalue weighted by molar-refractivity contribution is -0.136. The number of hydrogen-bond donors (Lipinski definition) is 2. The first-order chi connectivity index (χ1) is 17.0. The van der Waals surface area contributed by atoms with Gasteiger partial charge in [-0.05, 0) is 63.5 Å². The highest BCUT2D eigenvalue weighted by Crippen LogP contribution is 2.30. The van der Waals surface area contributed by atoms with Crippen LogP contribution in [0.4, 0.5) is 0 Å². The van der Waals surface area contributed by atoms with E-state index < -0.39 is 11.5 Å². The smallest absolute Gasteiger partial charge is 0.281 e. The van der Waals surface area contributed by atoms with E-state index in [0.717, 1.165) is 14.7 Å². The maximum Gasteiger partial charge on any atom is 0.281 e. The van der Waals surface area contributed by atoms with E-state index in [1.54, 1.807) is 48.5 Å². The minimum absolute atomic E-state index is 0.358. The molecule has 0 radical (unpaired) electrons. The quantitative estimate of drug-likeness (QED) is 0.151. The average Bonchev–Trinajstić information content (AvgIpc) is 2.89. The fourth-order valence-electron chi connectivity index (χ4n) is 3.52.